The molecule has 1 rings (SSSR count). The fraction of sp³-hybridized carbons (Fsp3) is 0.533. The molecule has 0 aliphatic carbocycles. The number of hydrogen-bond acceptors (Lipinski definition) is 3. The van der Waals surface area contributed by atoms with Crippen molar-refractivity contribution in [3.63, 3.8) is 0 Å². The number of aryl methyl sites for hydroxylation is 1. The Labute approximate surface area is 115 Å². The van der Waals surface area contributed by atoms with Gasteiger partial charge in [0, 0.05) is 7.05 Å². The molecule has 0 atom stereocenters. The van der Waals surface area contributed by atoms with Crippen LogP contribution >= 0.6 is 0 Å². The summed E-state index contributed by atoms with van der Waals surface area (Å²) in [6.45, 7) is 5.94. The summed E-state index contributed by atoms with van der Waals surface area (Å²) in [6.07, 6.45) is 0.299. The Morgan fingerprint density at radius 1 is 1.32 bits per heavy atom. The second kappa shape index (κ2) is 6.57. The monoisotopic (exact) mass is 265 g/mol. The minimum absolute atomic E-state index is 0.0360. The fourth-order valence-corrected chi connectivity index (χ4v) is 1.50. The minimum atomic E-state index is -0.541. The molecule has 1 aromatic carbocycles. The Bertz CT molecular complexity index is 412. The van der Waals surface area contributed by atoms with Gasteiger partial charge in [0.05, 0.1) is 25.2 Å². The quantitative estimate of drug-likeness (QED) is 0.856. The lowest BCUT2D eigenvalue weighted by atomic mass is 10.0. The van der Waals surface area contributed by atoms with Crippen molar-refractivity contribution in [3.8, 4) is 5.75 Å². The number of aliphatic hydroxyl groups excluding tert-OH is 1. The van der Waals surface area contributed by atoms with Gasteiger partial charge in [-0.05, 0) is 32.9 Å². The average molecular weight is 265 g/mol. The Balaban J connectivity index is 2.41. The van der Waals surface area contributed by atoms with E-state index in [1.807, 2.05) is 45.0 Å². The van der Waals surface area contributed by atoms with Crippen LogP contribution in [0.2, 0.25) is 0 Å². The van der Waals surface area contributed by atoms with Gasteiger partial charge in [-0.3, -0.25) is 4.79 Å². The molecular weight excluding hydrogens is 242 g/mol. The van der Waals surface area contributed by atoms with Gasteiger partial charge in [0.1, 0.15) is 5.75 Å². The molecule has 0 heterocycles. The van der Waals surface area contributed by atoms with Gasteiger partial charge in [-0.1, -0.05) is 17.7 Å². The number of benzene rings is 1. The molecule has 19 heavy (non-hydrogen) atoms. The molecule has 0 saturated carbocycles. The van der Waals surface area contributed by atoms with Crippen LogP contribution in [0.25, 0.3) is 0 Å². The number of carbonyl (C=O) groups is 1. The molecule has 1 amide bonds. The van der Waals surface area contributed by atoms with Gasteiger partial charge in [0.25, 0.3) is 0 Å². The standard InChI is InChI=1S/C15H23NO3/c1-12-5-7-13(8-6-12)19-10-9-14(18)16(4)15(2,3)11-17/h5-8,17H,9-11H2,1-4H3. The van der Waals surface area contributed by atoms with Crippen molar-refractivity contribution >= 4 is 5.91 Å². The van der Waals surface area contributed by atoms with E-state index >= 15 is 0 Å². The Morgan fingerprint density at radius 2 is 1.89 bits per heavy atom. The van der Waals surface area contributed by atoms with E-state index in [2.05, 4.69) is 0 Å². The first kappa shape index (κ1) is 15.5. The maximum absolute atomic E-state index is 11.9. The summed E-state index contributed by atoms with van der Waals surface area (Å²) in [4.78, 5) is 13.5. The molecule has 0 spiro atoms. The van der Waals surface area contributed by atoms with Crippen LogP contribution < -0.4 is 4.74 Å². The van der Waals surface area contributed by atoms with Gasteiger partial charge in [-0.2, -0.15) is 0 Å². The highest BCUT2D eigenvalue weighted by molar-refractivity contribution is 5.76. The van der Waals surface area contributed by atoms with E-state index in [-0.39, 0.29) is 12.5 Å². The van der Waals surface area contributed by atoms with Crippen molar-refractivity contribution in [2.75, 3.05) is 20.3 Å². The zero-order chi connectivity index (χ0) is 14.5. The van der Waals surface area contributed by atoms with Gasteiger partial charge >= 0.3 is 0 Å². The summed E-state index contributed by atoms with van der Waals surface area (Å²) >= 11 is 0. The van der Waals surface area contributed by atoms with Crippen molar-refractivity contribution in [2.24, 2.45) is 0 Å². The number of amides is 1. The van der Waals surface area contributed by atoms with Crippen LogP contribution in [0.4, 0.5) is 0 Å². The lowest BCUT2D eigenvalue weighted by Gasteiger charge is -2.34. The van der Waals surface area contributed by atoms with Crippen LogP contribution in [0.5, 0.6) is 5.75 Å². The molecule has 0 saturated heterocycles. The first-order valence-electron chi connectivity index (χ1n) is 6.44. The Kier molecular flexibility index (Phi) is 5.36. The Morgan fingerprint density at radius 3 is 2.42 bits per heavy atom. The van der Waals surface area contributed by atoms with E-state index in [4.69, 9.17) is 4.74 Å². The number of hydrogen-bond donors (Lipinski definition) is 1. The molecule has 0 aliphatic heterocycles. The van der Waals surface area contributed by atoms with Crippen LogP contribution in [0.15, 0.2) is 24.3 Å². The number of likely N-dealkylation sites (N-methyl/N-ethyl adjacent to an activating group) is 1. The first-order valence-corrected chi connectivity index (χ1v) is 6.44. The van der Waals surface area contributed by atoms with E-state index in [1.54, 1.807) is 11.9 Å². The van der Waals surface area contributed by atoms with Gasteiger partial charge in [0.15, 0.2) is 0 Å². The van der Waals surface area contributed by atoms with E-state index in [1.165, 1.54) is 5.56 Å². The third kappa shape index (κ3) is 4.56. The number of carbonyl (C=O) groups excluding carboxylic acids is 1. The number of nitrogens with zero attached hydrogens (tertiary/aromatic N) is 1. The lowest BCUT2D eigenvalue weighted by Crippen LogP contribution is -2.47. The highest BCUT2D eigenvalue weighted by atomic mass is 16.5. The normalized spacial score (nSPS) is 11.2. The fourth-order valence-electron chi connectivity index (χ4n) is 1.50. The second-order valence-corrected chi connectivity index (χ2v) is 5.33. The minimum Gasteiger partial charge on any atom is -0.493 e. The molecular formula is C15H23NO3. The highest BCUT2D eigenvalue weighted by Gasteiger charge is 2.26. The van der Waals surface area contributed by atoms with Crippen molar-refractivity contribution < 1.29 is 14.6 Å². The smallest absolute Gasteiger partial charge is 0.226 e. The topological polar surface area (TPSA) is 49.8 Å². The van der Waals surface area contributed by atoms with Crippen LogP contribution in [0, 0.1) is 6.92 Å². The van der Waals surface area contributed by atoms with Gasteiger partial charge in [-0.25, -0.2) is 0 Å². The molecule has 1 N–H and O–H groups in total. The van der Waals surface area contributed by atoms with Crippen LogP contribution in [-0.2, 0) is 4.79 Å². The summed E-state index contributed by atoms with van der Waals surface area (Å²) < 4.78 is 5.52. The van der Waals surface area contributed by atoms with Gasteiger partial charge in [-0.15, -0.1) is 0 Å². The van der Waals surface area contributed by atoms with E-state index in [9.17, 15) is 9.90 Å². The zero-order valence-corrected chi connectivity index (χ0v) is 12.1. The maximum atomic E-state index is 11.9. The number of rotatable bonds is 6. The molecule has 0 fully saturated rings. The average Bonchev–Trinajstić information content (AvgIpc) is 2.40. The lowest BCUT2D eigenvalue weighted by molar-refractivity contribution is -0.136. The summed E-state index contributed by atoms with van der Waals surface area (Å²) in [7, 11) is 1.70. The summed E-state index contributed by atoms with van der Waals surface area (Å²) in [5.74, 6) is 0.730. The maximum Gasteiger partial charge on any atom is 0.226 e. The first-order chi connectivity index (χ1) is 8.86. The SMILES string of the molecule is Cc1ccc(OCCC(=O)N(C)C(C)(C)CO)cc1. The molecule has 0 aromatic heterocycles. The number of aliphatic hydroxyl groups is 1. The molecule has 1 aromatic rings. The molecule has 0 radical (unpaired) electrons. The molecule has 0 unspecified atom stereocenters. The third-order valence-electron chi connectivity index (χ3n) is 3.27. The van der Waals surface area contributed by atoms with Crippen LogP contribution in [-0.4, -0.2) is 41.7 Å². The van der Waals surface area contributed by atoms with E-state index in [0.29, 0.717) is 13.0 Å². The van der Waals surface area contributed by atoms with Crippen molar-refractivity contribution in [3.05, 3.63) is 29.8 Å². The van der Waals surface area contributed by atoms with Crippen LogP contribution in [0.3, 0.4) is 0 Å². The third-order valence-corrected chi connectivity index (χ3v) is 3.27. The van der Waals surface area contributed by atoms with E-state index in [0.717, 1.165) is 5.75 Å². The van der Waals surface area contributed by atoms with E-state index < -0.39 is 5.54 Å². The van der Waals surface area contributed by atoms with Crippen molar-refractivity contribution in [1.82, 2.24) is 4.90 Å². The summed E-state index contributed by atoms with van der Waals surface area (Å²) in [5.41, 5.74) is 0.633. The van der Waals surface area contributed by atoms with Gasteiger partial charge < -0.3 is 14.7 Å². The van der Waals surface area contributed by atoms with Crippen LogP contribution in [0.1, 0.15) is 25.8 Å². The molecule has 106 valence electrons. The van der Waals surface area contributed by atoms with Crippen molar-refractivity contribution in [1.29, 1.82) is 0 Å². The predicted molar refractivity (Wildman–Crippen MR) is 75.2 cm³/mol. The highest BCUT2D eigenvalue weighted by Crippen LogP contribution is 2.14. The molecule has 4 nitrogen and oxygen atoms in total. The van der Waals surface area contributed by atoms with Crippen molar-refractivity contribution in [2.45, 2.75) is 32.7 Å². The predicted octanol–water partition coefficient (Wildman–Crippen LogP) is 1.99. The molecule has 0 bridgehead atoms. The van der Waals surface area contributed by atoms with Gasteiger partial charge in [0.2, 0.25) is 5.91 Å². The summed E-state index contributed by atoms with van der Waals surface area (Å²) in [6, 6.07) is 7.72. The second-order valence-electron chi connectivity index (χ2n) is 5.33. The zero-order valence-electron chi connectivity index (χ0n) is 12.1. The molecule has 0 aliphatic rings. The molecule has 4 heteroatoms. The Hall–Kier alpha value is -1.55. The largest absolute Gasteiger partial charge is 0.493 e. The summed E-state index contributed by atoms with van der Waals surface area (Å²) in [5, 5.41) is 9.22. The number of ether oxygens (including phenoxy) is 1.